The predicted octanol–water partition coefficient (Wildman–Crippen LogP) is 4.99. The Kier molecular flexibility index (Phi) is 5.33. The molecule has 0 saturated heterocycles. The zero-order valence-corrected chi connectivity index (χ0v) is 16.7. The second-order valence-corrected chi connectivity index (χ2v) is 8.30. The average Bonchev–Trinajstić information content (AvgIpc) is 3.26. The fourth-order valence-corrected chi connectivity index (χ4v) is 3.30. The summed E-state index contributed by atoms with van der Waals surface area (Å²) >= 11 is 1.31. The molecule has 3 aromatic rings. The van der Waals surface area contributed by atoms with Crippen molar-refractivity contribution in [3.63, 3.8) is 0 Å². The Morgan fingerprint density at radius 2 is 1.89 bits per heavy atom. The van der Waals surface area contributed by atoms with E-state index in [9.17, 15) is 14.0 Å². The quantitative estimate of drug-likeness (QED) is 0.645. The summed E-state index contributed by atoms with van der Waals surface area (Å²) in [5, 5.41) is 6.05. The second kappa shape index (κ2) is 7.55. The fraction of sp³-hybridized carbons (Fsp3) is 0.250. The van der Waals surface area contributed by atoms with Crippen molar-refractivity contribution in [2.75, 3.05) is 10.6 Å². The van der Waals surface area contributed by atoms with E-state index in [1.54, 1.807) is 6.92 Å². The van der Waals surface area contributed by atoms with Crippen LogP contribution in [-0.4, -0.2) is 16.8 Å². The lowest BCUT2D eigenvalue weighted by Crippen LogP contribution is -2.14. The van der Waals surface area contributed by atoms with E-state index in [1.807, 2.05) is 20.8 Å². The van der Waals surface area contributed by atoms with Crippen molar-refractivity contribution in [1.29, 1.82) is 0 Å². The van der Waals surface area contributed by atoms with Crippen LogP contribution in [0.15, 0.2) is 41.1 Å². The van der Waals surface area contributed by atoms with Crippen molar-refractivity contribution in [3.8, 4) is 0 Å². The number of aromatic nitrogens is 1. The highest BCUT2D eigenvalue weighted by Crippen LogP contribution is 2.28. The van der Waals surface area contributed by atoms with Crippen LogP contribution in [0.1, 0.15) is 51.6 Å². The minimum absolute atomic E-state index is 0.0388. The minimum Gasteiger partial charge on any atom is -0.469 e. The molecule has 2 amide bonds. The van der Waals surface area contributed by atoms with Crippen molar-refractivity contribution in [2.24, 2.45) is 0 Å². The molecule has 0 saturated carbocycles. The van der Waals surface area contributed by atoms with Gasteiger partial charge in [0, 0.05) is 11.1 Å². The molecule has 0 aliphatic rings. The van der Waals surface area contributed by atoms with E-state index in [4.69, 9.17) is 4.42 Å². The number of halogens is 1. The molecule has 0 spiro atoms. The summed E-state index contributed by atoms with van der Waals surface area (Å²) in [5.41, 5.74) is 0.481. The van der Waals surface area contributed by atoms with Crippen molar-refractivity contribution < 1.29 is 18.4 Å². The van der Waals surface area contributed by atoms with Crippen molar-refractivity contribution in [2.45, 2.75) is 33.1 Å². The summed E-state index contributed by atoms with van der Waals surface area (Å²) in [6, 6.07) is 5.48. The number of amides is 2. The predicted molar refractivity (Wildman–Crippen MR) is 107 cm³/mol. The number of rotatable bonds is 4. The van der Waals surface area contributed by atoms with Gasteiger partial charge in [-0.25, -0.2) is 9.37 Å². The molecule has 0 bridgehead atoms. The number of hydrogen-bond donors (Lipinski definition) is 2. The Labute approximate surface area is 165 Å². The standard InChI is InChI=1S/C20H20FN3O3S/c1-11-13(7-8-27-11)17(25)24-15-9-12(5-6-14(15)21)23-18(26)16-10-22-19(28-16)20(2,3)4/h5-10H,1-4H3,(H,23,26)(H,24,25). The Hall–Kier alpha value is -3.00. The van der Waals surface area contributed by atoms with E-state index in [1.165, 1.54) is 48.1 Å². The molecule has 2 heterocycles. The molecule has 3 rings (SSSR count). The van der Waals surface area contributed by atoms with E-state index in [0.717, 1.165) is 5.01 Å². The molecule has 0 atom stereocenters. The minimum atomic E-state index is -0.611. The second-order valence-electron chi connectivity index (χ2n) is 7.27. The third kappa shape index (κ3) is 4.28. The molecule has 6 nitrogen and oxygen atoms in total. The van der Waals surface area contributed by atoms with Crippen LogP contribution in [0, 0.1) is 12.7 Å². The summed E-state index contributed by atoms with van der Waals surface area (Å²) in [6.07, 6.45) is 2.91. The Bertz CT molecular complexity index is 1030. The van der Waals surface area contributed by atoms with E-state index >= 15 is 0 Å². The number of furan rings is 1. The molecule has 0 aliphatic carbocycles. The first-order chi connectivity index (χ1) is 13.1. The van der Waals surface area contributed by atoms with Crippen LogP contribution < -0.4 is 10.6 Å². The Balaban J connectivity index is 1.76. The highest BCUT2D eigenvalue weighted by molar-refractivity contribution is 7.13. The van der Waals surface area contributed by atoms with Gasteiger partial charge in [-0.1, -0.05) is 20.8 Å². The summed E-state index contributed by atoms with van der Waals surface area (Å²) < 4.78 is 19.2. The molecule has 0 radical (unpaired) electrons. The normalized spacial score (nSPS) is 11.3. The van der Waals surface area contributed by atoms with Gasteiger partial charge in [0.2, 0.25) is 0 Å². The monoisotopic (exact) mass is 401 g/mol. The summed E-state index contributed by atoms with van der Waals surface area (Å²) in [7, 11) is 0. The third-order valence-electron chi connectivity index (χ3n) is 3.95. The van der Waals surface area contributed by atoms with Gasteiger partial charge in [-0.2, -0.15) is 0 Å². The van der Waals surface area contributed by atoms with Crippen LogP contribution in [0.2, 0.25) is 0 Å². The molecule has 0 unspecified atom stereocenters. The molecule has 28 heavy (non-hydrogen) atoms. The molecule has 146 valence electrons. The molecule has 8 heteroatoms. The summed E-state index contributed by atoms with van der Waals surface area (Å²) in [4.78, 5) is 29.5. The number of carbonyl (C=O) groups excluding carboxylic acids is 2. The van der Waals surface area contributed by atoms with Gasteiger partial charge in [-0.05, 0) is 31.2 Å². The van der Waals surface area contributed by atoms with Crippen LogP contribution in [-0.2, 0) is 5.41 Å². The van der Waals surface area contributed by atoms with Gasteiger partial charge in [0.15, 0.2) is 0 Å². The zero-order chi connectivity index (χ0) is 20.5. The van der Waals surface area contributed by atoms with Gasteiger partial charge in [0.1, 0.15) is 16.5 Å². The molecular formula is C20H20FN3O3S. The number of hydrogen-bond acceptors (Lipinski definition) is 5. The smallest absolute Gasteiger partial charge is 0.267 e. The van der Waals surface area contributed by atoms with Gasteiger partial charge >= 0.3 is 0 Å². The van der Waals surface area contributed by atoms with Crippen LogP contribution in [0.25, 0.3) is 0 Å². The van der Waals surface area contributed by atoms with Crippen molar-refractivity contribution in [1.82, 2.24) is 4.98 Å². The zero-order valence-electron chi connectivity index (χ0n) is 15.9. The SMILES string of the molecule is Cc1occc1C(=O)Nc1cc(NC(=O)c2cnc(C(C)(C)C)s2)ccc1F. The van der Waals surface area contributed by atoms with Gasteiger partial charge in [-0.3, -0.25) is 9.59 Å². The highest BCUT2D eigenvalue weighted by atomic mass is 32.1. The largest absolute Gasteiger partial charge is 0.469 e. The maximum atomic E-state index is 14.1. The number of aryl methyl sites for hydroxylation is 1. The van der Waals surface area contributed by atoms with Gasteiger partial charge in [0.25, 0.3) is 11.8 Å². The number of nitrogens with zero attached hydrogens (tertiary/aromatic N) is 1. The van der Waals surface area contributed by atoms with E-state index in [2.05, 4.69) is 15.6 Å². The fourth-order valence-electron chi connectivity index (χ4n) is 2.43. The van der Waals surface area contributed by atoms with Crippen LogP contribution >= 0.6 is 11.3 Å². The lowest BCUT2D eigenvalue weighted by Gasteiger charge is -2.13. The molecule has 1 aromatic carbocycles. The van der Waals surface area contributed by atoms with Crippen LogP contribution in [0.5, 0.6) is 0 Å². The summed E-state index contributed by atoms with van der Waals surface area (Å²) in [6.45, 7) is 7.70. The van der Waals surface area contributed by atoms with E-state index in [-0.39, 0.29) is 17.0 Å². The lowest BCUT2D eigenvalue weighted by atomic mass is 9.98. The van der Waals surface area contributed by atoms with E-state index in [0.29, 0.717) is 21.9 Å². The highest BCUT2D eigenvalue weighted by Gasteiger charge is 2.21. The first-order valence-corrected chi connectivity index (χ1v) is 9.39. The number of thiazole rings is 1. The van der Waals surface area contributed by atoms with Crippen LogP contribution in [0.3, 0.4) is 0 Å². The van der Waals surface area contributed by atoms with Crippen molar-refractivity contribution in [3.05, 3.63) is 63.8 Å². The summed E-state index contributed by atoms with van der Waals surface area (Å²) in [5.74, 6) is -1.02. The maximum Gasteiger partial charge on any atom is 0.267 e. The number of benzene rings is 1. The van der Waals surface area contributed by atoms with E-state index < -0.39 is 11.7 Å². The van der Waals surface area contributed by atoms with Crippen LogP contribution in [0.4, 0.5) is 15.8 Å². The van der Waals surface area contributed by atoms with Gasteiger partial charge in [0.05, 0.1) is 28.7 Å². The third-order valence-corrected chi connectivity index (χ3v) is 5.37. The number of nitrogens with one attached hydrogen (secondary N) is 2. The van der Waals surface area contributed by atoms with Gasteiger partial charge in [-0.15, -0.1) is 11.3 Å². The number of carbonyl (C=O) groups is 2. The molecule has 2 aromatic heterocycles. The number of anilines is 2. The van der Waals surface area contributed by atoms with Crippen molar-refractivity contribution >= 4 is 34.5 Å². The average molecular weight is 401 g/mol. The first-order valence-electron chi connectivity index (χ1n) is 8.58. The Morgan fingerprint density at radius 1 is 1.14 bits per heavy atom. The molecular weight excluding hydrogens is 381 g/mol. The van der Waals surface area contributed by atoms with Gasteiger partial charge < -0.3 is 15.1 Å². The Morgan fingerprint density at radius 3 is 2.50 bits per heavy atom. The molecule has 0 aliphatic heterocycles. The maximum absolute atomic E-state index is 14.1. The topological polar surface area (TPSA) is 84.2 Å². The molecule has 0 fully saturated rings. The first kappa shape index (κ1) is 19.8. The lowest BCUT2D eigenvalue weighted by molar-refractivity contribution is 0.101. The molecule has 2 N–H and O–H groups in total.